The van der Waals surface area contributed by atoms with Crippen LogP contribution in [-0.2, 0) is 4.74 Å². The Balaban J connectivity index is 1.66. The lowest BCUT2D eigenvalue weighted by molar-refractivity contribution is -0.158. The molecule has 0 radical (unpaired) electrons. The molecule has 2 aliphatic heterocycles. The van der Waals surface area contributed by atoms with Gasteiger partial charge in [0.05, 0.1) is 12.1 Å². The smallest absolute Gasteiger partial charge is 0.345 e. The number of piperidine rings is 1. The molecule has 2 atom stereocenters. The van der Waals surface area contributed by atoms with Crippen LogP contribution in [0.4, 0.5) is 24.9 Å². The third-order valence-corrected chi connectivity index (χ3v) is 7.30. The minimum Gasteiger partial charge on any atom is -0.365 e. The number of benzene rings is 1. The second-order valence-electron chi connectivity index (χ2n) is 10.7. The highest BCUT2D eigenvalue weighted by molar-refractivity contribution is 5.65. The fourth-order valence-corrected chi connectivity index (χ4v) is 5.30. The molecule has 0 bridgehead atoms. The quantitative estimate of drug-likeness (QED) is 0.531. The fraction of sp³-hybridized carbons (Fsp3) is 0.600. The third kappa shape index (κ3) is 5.70. The SMILES string of the molecule is CN1C(C)(C)CC(Nc2nc(NC3CNCC3OC(F)F)nc(-c3ccccc3)c2F)CC1(C)C. The molecule has 2 aromatic rings. The van der Waals surface area contributed by atoms with Crippen LogP contribution in [0, 0.1) is 5.82 Å². The predicted molar refractivity (Wildman–Crippen MR) is 131 cm³/mol. The molecule has 1 aromatic heterocycles. The molecule has 0 spiro atoms. The van der Waals surface area contributed by atoms with E-state index in [4.69, 9.17) is 4.74 Å². The van der Waals surface area contributed by atoms with Crippen molar-refractivity contribution in [1.82, 2.24) is 20.2 Å². The number of nitrogens with one attached hydrogen (secondary N) is 3. The van der Waals surface area contributed by atoms with E-state index in [1.54, 1.807) is 12.1 Å². The normalized spacial score (nSPS) is 24.6. The first-order valence-corrected chi connectivity index (χ1v) is 12.0. The maximum atomic E-state index is 15.8. The summed E-state index contributed by atoms with van der Waals surface area (Å²) in [7, 11) is 2.12. The lowest BCUT2D eigenvalue weighted by Crippen LogP contribution is -2.61. The molecule has 2 unspecified atom stereocenters. The molecular weight excluding hydrogens is 457 g/mol. The van der Waals surface area contributed by atoms with Gasteiger partial charge in [-0.05, 0) is 47.6 Å². The van der Waals surface area contributed by atoms with E-state index in [9.17, 15) is 8.78 Å². The van der Waals surface area contributed by atoms with Crippen molar-refractivity contribution < 1.29 is 17.9 Å². The van der Waals surface area contributed by atoms with Gasteiger partial charge in [0.15, 0.2) is 11.6 Å². The molecule has 192 valence electrons. The van der Waals surface area contributed by atoms with Crippen LogP contribution in [0.15, 0.2) is 30.3 Å². The van der Waals surface area contributed by atoms with E-state index in [2.05, 4.69) is 65.6 Å². The van der Waals surface area contributed by atoms with E-state index in [1.165, 1.54) is 0 Å². The molecular formula is C25H35F3N6O. The van der Waals surface area contributed by atoms with Crippen LogP contribution in [0.2, 0.25) is 0 Å². The number of ether oxygens (including phenoxy) is 1. The number of alkyl halides is 2. The van der Waals surface area contributed by atoms with E-state index >= 15 is 4.39 Å². The Morgan fingerprint density at radius 1 is 1.03 bits per heavy atom. The van der Waals surface area contributed by atoms with Crippen molar-refractivity contribution in [1.29, 1.82) is 0 Å². The maximum absolute atomic E-state index is 15.8. The molecule has 35 heavy (non-hydrogen) atoms. The van der Waals surface area contributed by atoms with Crippen molar-refractivity contribution in [3.8, 4) is 11.3 Å². The Hall–Kier alpha value is -2.43. The molecule has 3 N–H and O–H groups in total. The summed E-state index contributed by atoms with van der Waals surface area (Å²) in [5, 5.41) is 9.47. The van der Waals surface area contributed by atoms with Gasteiger partial charge in [-0.1, -0.05) is 30.3 Å². The number of hydrogen-bond donors (Lipinski definition) is 3. The minimum absolute atomic E-state index is 0.0138. The second kappa shape index (κ2) is 9.91. The van der Waals surface area contributed by atoms with Crippen molar-refractivity contribution >= 4 is 11.8 Å². The van der Waals surface area contributed by atoms with Gasteiger partial charge in [-0.2, -0.15) is 13.8 Å². The number of anilines is 2. The molecule has 7 nitrogen and oxygen atoms in total. The number of likely N-dealkylation sites (tertiary alicyclic amines) is 1. The van der Waals surface area contributed by atoms with E-state index in [0.29, 0.717) is 12.1 Å². The molecule has 10 heteroatoms. The summed E-state index contributed by atoms with van der Waals surface area (Å²) in [5.74, 6) is -0.281. The molecule has 0 aliphatic carbocycles. The van der Waals surface area contributed by atoms with Crippen molar-refractivity contribution in [3.05, 3.63) is 36.1 Å². The first kappa shape index (κ1) is 25.7. The summed E-state index contributed by atoms with van der Waals surface area (Å²) < 4.78 is 46.2. The van der Waals surface area contributed by atoms with Gasteiger partial charge in [0.1, 0.15) is 5.69 Å². The van der Waals surface area contributed by atoms with E-state index in [1.807, 2.05) is 18.2 Å². The summed E-state index contributed by atoms with van der Waals surface area (Å²) in [4.78, 5) is 11.2. The first-order valence-electron chi connectivity index (χ1n) is 12.0. The topological polar surface area (TPSA) is 74.3 Å². The predicted octanol–water partition coefficient (Wildman–Crippen LogP) is 4.34. The highest BCUT2D eigenvalue weighted by atomic mass is 19.3. The van der Waals surface area contributed by atoms with Gasteiger partial charge in [0, 0.05) is 35.8 Å². The lowest BCUT2D eigenvalue weighted by atomic mass is 9.77. The fourth-order valence-electron chi connectivity index (χ4n) is 5.30. The van der Waals surface area contributed by atoms with Crippen molar-refractivity contribution in [2.75, 3.05) is 30.8 Å². The summed E-state index contributed by atoms with van der Waals surface area (Å²) in [6.07, 6.45) is 0.851. The molecule has 0 amide bonds. The van der Waals surface area contributed by atoms with Crippen LogP contribution in [0.25, 0.3) is 11.3 Å². The van der Waals surface area contributed by atoms with Gasteiger partial charge in [0.25, 0.3) is 0 Å². The summed E-state index contributed by atoms with van der Waals surface area (Å²) >= 11 is 0. The van der Waals surface area contributed by atoms with Crippen LogP contribution >= 0.6 is 0 Å². The lowest BCUT2D eigenvalue weighted by Gasteiger charge is -2.53. The number of aromatic nitrogens is 2. The minimum atomic E-state index is -2.88. The van der Waals surface area contributed by atoms with Crippen molar-refractivity contribution in [2.24, 2.45) is 0 Å². The van der Waals surface area contributed by atoms with Gasteiger partial charge >= 0.3 is 6.61 Å². The second-order valence-corrected chi connectivity index (χ2v) is 10.7. The van der Waals surface area contributed by atoms with E-state index in [-0.39, 0.29) is 41.1 Å². The summed E-state index contributed by atoms with van der Waals surface area (Å²) in [6.45, 7) is 6.51. The number of hydrogen-bond acceptors (Lipinski definition) is 7. The molecule has 4 rings (SSSR count). The molecule has 0 saturated carbocycles. The Labute approximate surface area is 204 Å². The monoisotopic (exact) mass is 492 g/mol. The zero-order chi connectivity index (χ0) is 25.4. The van der Waals surface area contributed by atoms with Crippen LogP contribution < -0.4 is 16.0 Å². The van der Waals surface area contributed by atoms with Gasteiger partial charge in [-0.3, -0.25) is 4.90 Å². The Morgan fingerprint density at radius 3 is 2.31 bits per heavy atom. The van der Waals surface area contributed by atoms with Gasteiger partial charge in [-0.15, -0.1) is 0 Å². The zero-order valence-electron chi connectivity index (χ0n) is 20.9. The van der Waals surface area contributed by atoms with Crippen LogP contribution in [0.5, 0.6) is 0 Å². The standard InChI is InChI=1S/C25H35F3N6O/c1-24(2)11-16(12-25(3,4)34(24)5)30-21-19(26)20(15-9-7-6-8-10-15)32-23(33-21)31-17-13-29-14-18(17)35-22(27)28/h6-10,16-18,22,29H,11-14H2,1-5H3,(H2,30,31,32,33). The molecule has 2 fully saturated rings. The van der Waals surface area contributed by atoms with Crippen LogP contribution in [0.3, 0.4) is 0 Å². The average molecular weight is 493 g/mol. The molecule has 1 aromatic carbocycles. The highest BCUT2D eigenvalue weighted by Crippen LogP contribution is 2.38. The average Bonchev–Trinajstić information content (AvgIpc) is 3.20. The summed E-state index contributed by atoms with van der Waals surface area (Å²) in [5.41, 5.74) is 0.560. The van der Waals surface area contributed by atoms with Gasteiger partial charge in [-0.25, -0.2) is 9.37 Å². The summed E-state index contributed by atoms with van der Waals surface area (Å²) in [6, 6.07) is 8.53. The number of halogens is 3. The number of nitrogens with zero attached hydrogens (tertiary/aromatic N) is 3. The Kier molecular flexibility index (Phi) is 7.26. The molecule has 2 aliphatic rings. The maximum Gasteiger partial charge on any atom is 0.345 e. The van der Waals surface area contributed by atoms with Gasteiger partial charge in [0.2, 0.25) is 5.95 Å². The molecule has 3 heterocycles. The van der Waals surface area contributed by atoms with Crippen LogP contribution in [-0.4, -0.2) is 70.9 Å². The zero-order valence-corrected chi connectivity index (χ0v) is 20.9. The Morgan fingerprint density at radius 2 is 1.69 bits per heavy atom. The largest absolute Gasteiger partial charge is 0.365 e. The Bertz CT molecular complexity index is 1000. The van der Waals surface area contributed by atoms with E-state index in [0.717, 1.165) is 12.8 Å². The van der Waals surface area contributed by atoms with E-state index < -0.39 is 24.6 Å². The third-order valence-electron chi connectivity index (χ3n) is 7.30. The number of rotatable bonds is 7. The molecule has 2 saturated heterocycles. The van der Waals surface area contributed by atoms with Crippen molar-refractivity contribution in [2.45, 2.75) is 76.4 Å². The van der Waals surface area contributed by atoms with Crippen molar-refractivity contribution in [3.63, 3.8) is 0 Å². The highest BCUT2D eigenvalue weighted by Gasteiger charge is 2.43. The first-order chi connectivity index (χ1) is 16.5. The van der Waals surface area contributed by atoms with Gasteiger partial charge < -0.3 is 20.7 Å². The van der Waals surface area contributed by atoms with Crippen LogP contribution in [0.1, 0.15) is 40.5 Å².